The van der Waals surface area contributed by atoms with Crippen LogP contribution in [0.2, 0.25) is 0 Å². The van der Waals surface area contributed by atoms with E-state index in [1.807, 2.05) is 0 Å². The predicted molar refractivity (Wildman–Crippen MR) is 51.9 cm³/mol. The van der Waals surface area contributed by atoms with Gasteiger partial charge in [0, 0.05) is 5.56 Å². The van der Waals surface area contributed by atoms with E-state index < -0.39 is 0 Å². The van der Waals surface area contributed by atoms with Crippen LogP contribution in [0.15, 0.2) is 18.2 Å². The summed E-state index contributed by atoms with van der Waals surface area (Å²) in [6, 6.07) is 4.71. The minimum atomic E-state index is -0.359. The smallest absolute Gasteiger partial charge is 0.274 e. The Balaban J connectivity index is 2.76. The third kappa shape index (κ3) is 2.47. The number of amides is 1. The fourth-order valence-corrected chi connectivity index (χ4v) is 0.947. The third-order valence-electron chi connectivity index (χ3n) is 1.78. The molecular weight excluding hydrogens is 182 g/mol. The highest BCUT2D eigenvalue weighted by atomic mass is 16.6. The van der Waals surface area contributed by atoms with Gasteiger partial charge in [0.25, 0.3) is 5.91 Å². The van der Waals surface area contributed by atoms with E-state index in [0.29, 0.717) is 12.2 Å². The van der Waals surface area contributed by atoms with Crippen molar-refractivity contribution in [2.75, 3.05) is 6.61 Å². The largest absolute Gasteiger partial charge is 0.508 e. The highest BCUT2D eigenvalue weighted by molar-refractivity contribution is 5.93. The topological polar surface area (TPSA) is 58.6 Å². The first-order chi connectivity index (χ1) is 6.65. The summed E-state index contributed by atoms with van der Waals surface area (Å²) in [7, 11) is 0. The van der Waals surface area contributed by atoms with Crippen LogP contribution < -0.4 is 5.48 Å². The maximum Gasteiger partial charge on any atom is 0.274 e. The number of rotatable bonds is 3. The van der Waals surface area contributed by atoms with Gasteiger partial charge in [-0.15, -0.1) is 0 Å². The molecule has 0 heterocycles. The lowest BCUT2D eigenvalue weighted by Crippen LogP contribution is -2.23. The van der Waals surface area contributed by atoms with Crippen molar-refractivity contribution in [3.05, 3.63) is 29.3 Å². The summed E-state index contributed by atoms with van der Waals surface area (Å²) in [6.45, 7) is 3.94. The van der Waals surface area contributed by atoms with Gasteiger partial charge < -0.3 is 5.11 Å². The van der Waals surface area contributed by atoms with Crippen LogP contribution in [0, 0.1) is 6.92 Å². The summed E-state index contributed by atoms with van der Waals surface area (Å²) in [5.41, 5.74) is 3.36. The van der Waals surface area contributed by atoms with Crippen molar-refractivity contribution in [1.82, 2.24) is 5.48 Å². The van der Waals surface area contributed by atoms with Gasteiger partial charge in [0.1, 0.15) is 5.75 Å². The molecule has 1 aromatic rings. The zero-order valence-corrected chi connectivity index (χ0v) is 8.20. The standard InChI is InChI=1S/C10H13NO3/c1-3-14-11-10(13)8-5-4-7(2)9(12)6-8/h4-6,12H,3H2,1-2H3,(H,11,13). The molecule has 0 spiro atoms. The maximum atomic E-state index is 11.3. The molecule has 0 radical (unpaired) electrons. The number of aromatic hydroxyl groups is 1. The lowest BCUT2D eigenvalue weighted by Gasteiger charge is -2.05. The second-order valence-corrected chi connectivity index (χ2v) is 2.87. The van der Waals surface area contributed by atoms with E-state index >= 15 is 0 Å². The quantitative estimate of drug-likeness (QED) is 0.716. The van der Waals surface area contributed by atoms with Crippen molar-refractivity contribution in [1.29, 1.82) is 0 Å². The number of phenols is 1. The Hall–Kier alpha value is -1.55. The van der Waals surface area contributed by atoms with E-state index in [9.17, 15) is 9.90 Å². The molecule has 4 nitrogen and oxygen atoms in total. The Morgan fingerprint density at radius 3 is 2.86 bits per heavy atom. The summed E-state index contributed by atoms with van der Waals surface area (Å²) < 4.78 is 0. The molecule has 1 aromatic carbocycles. The molecule has 1 rings (SSSR count). The average Bonchev–Trinajstić information content (AvgIpc) is 2.18. The van der Waals surface area contributed by atoms with Gasteiger partial charge >= 0.3 is 0 Å². The minimum Gasteiger partial charge on any atom is -0.508 e. The second kappa shape index (κ2) is 4.62. The minimum absolute atomic E-state index is 0.106. The number of nitrogens with one attached hydrogen (secondary N) is 1. The summed E-state index contributed by atoms with van der Waals surface area (Å²) in [5, 5.41) is 9.35. The van der Waals surface area contributed by atoms with E-state index in [1.54, 1.807) is 26.0 Å². The maximum absolute atomic E-state index is 11.3. The fourth-order valence-electron chi connectivity index (χ4n) is 0.947. The number of hydrogen-bond donors (Lipinski definition) is 2. The summed E-state index contributed by atoms with van der Waals surface area (Å²) in [5.74, 6) is -0.253. The number of hydrogen-bond acceptors (Lipinski definition) is 3. The van der Waals surface area contributed by atoms with Crippen LogP contribution >= 0.6 is 0 Å². The van der Waals surface area contributed by atoms with Crippen molar-refractivity contribution < 1.29 is 14.7 Å². The molecule has 0 saturated carbocycles. The van der Waals surface area contributed by atoms with Crippen LogP contribution in [0.3, 0.4) is 0 Å². The van der Waals surface area contributed by atoms with Crippen molar-refractivity contribution in [3.8, 4) is 5.75 Å². The molecular formula is C10H13NO3. The summed E-state index contributed by atoms with van der Waals surface area (Å²) in [6.07, 6.45) is 0. The lowest BCUT2D eigenvalue weighted by molar-refractivity contribution is 0.0364. The first kappa shape index (κ1) is 10.5. The highest BCUT2D eigenvalue weighted by Gasteiger charge is 2.06. The molecule has 0 fully saturated rings. The van der Waals surface area contributed by atoms with Gasteiger partial charge in [-0.3, -0.25) is 9.63 Å². The van der Waals surface area contributed by atoms with Crippen LogP contribution in [-0.4, -0.2) is 17.6 Å². The molecule has 1 amide bonds. The molecule has 0 aliphatic heterocycles. The number of aryl methyl sites for hydroxylation is 1. The van der Waals surface area contributed by atoms with E-state index in [1.165, 1.54) is 6.07 Å². The Labute approximate surface area is 82.5 Å². The van der Waals surface area contributed by atoms with Crippen molar-refractivity contribution in [2.45, 2.75) is 13.8 Å². The Morgan fingerprint density at radius 1 is 1.57 bits per heavy atom. The lowest BCUT2D eigenvalue weighted by atomic mass is 10.1. The molecule has 0 aromatic heterocycles. The first-order valence-electron chi connectivity index (χ1n) is 4.37. The summed E-state index contributed by atoms with van der Waals surface area (Å²) >= 11 is 0. The van der Waals surface area contributed by atoms with E-state index in [-0.39, 0.29) is 11.7 Å². The number of hydroxylamine groups is 1. The predicted octanol–water partition coefficient (Wildman–Crippen LogP) is 1.38. The van der Waals surface area contributed by atoms with Crippen molar-refractivity contribution in [3.63, 3.8) is 0 Å². The SMILES string of the molecule is CCONC(=O)c1ccc(C)c(O)c1. The normalized spacial score (nSPS) is 9.86. The monoisotopic (exact) mass is 195 g/mol. The summed E-state index contributed by atoms with van der Waals surface area (Å²) in [4.78, 5) is 16.1. The Bertz CT molecular complexity index is 336. The van der Waals surface area contributed by atoms with Gasteiger partial charge in [-0.25, -0.2) is 5.48 Å². The average molecular weight is 195 g/mol. The molecule has 4 heteroatoms. The van der Waals surface area contributed by atoms with Gasteiger partial charge in [-0.2, -0.15) is 0 Å². The highest BCUT2D eigenvalue weighted by Crippen LogP contribution is 2.17. The van der Waals surface area contributed by atoms with Gasteiger partial charge in [0.05, 0.1) is 6.61 Å². The molecule has 0 unspecified atom stereocenters. The molecule has 14 heavy (non-hydrogen) atoms. The van der Waals surface area contributed by atoms with Gasteiger partial charge in [-0.05, 0) is 31.5 Å². The van der Waals surface area contributed by atoms with Crippen LogP contribution in [0.5, 0.6) is 5.75 Å². The van der Waals surface area contributed by atoms with E-state index in [2.05, 4.69) is 5.48 Å². The van der Waals surface area contributed by atoms with Crippen molar-refractivity contribution in [2.24, 2.45) is 0 Å². The second-order valence-electron chi connectivity index (χ2n) is 2.87. The van der Waals surface area contributed by atoms with Gasteiger partial charge in [-0.1, -0.05) is 6.07 Å². The molecule has 0 aliphatic carbocycles. The van der Waals surface area contributed by atoms with E-state index in [0.717, 1.165) is 5.56 Å². The zero-order chi connectivity index (χ0) is 10.6. The van der Waals surface area contributed by atoms with Gasteiger partial charge in [0.15, 0.2) is 0 Å². The molecule has 76 valence electrons. The molecule has 0 aliphatic rings. The van der Waals surface area contributed by atoms with Crippen LogP contribution in [0.4, 0.5) is 0 Å². The van der Waals surface area contributed by atoms with Crippen LogP contribution in [-0.2, 0) is 4.84 Å². The molecule has 0 bridgehead atoms. The van der Waals surface area contributed by atoms with Crippen LogP contribution in [0.25, 0.3) is 0 Å². The third-order valence-corrected chi connectivity index (χ3v) is 1.78. The van der Waals surface area contributed by atoms with Gasteiger partial charge in [0.2, 0.25) is 0 Å². The molecule has 0 saturated heterocycles. The van der Waals surface area contributed by atoms with Crippen molar-refractivity contribution >= 4 is 5.91 Å². The Kier molecular flexibility index (Phi) is 3.48. The number of carbonyl (C=O) groups excluding carboxylic acids is 1. The first-order valence-corrected chi connectivity index (χ1v) is 4.37. The number of benzene rings is 1. The fraction of sp³-hybridized carbons (Fsp3) is 0.300. The molecule has 0 atom stereocenters. The number of carbonyl (C=O) groups is 1. The number of phenolic OH excluding ortho intramolecular Hbond substituents is 1. The Morgan fingerprint density at radius 2 is 2.29 bits per heavy atom. The van der Waals surface area contributed by atoms with Crippen LogP contribution in [0.1, 0.15) is 22.8 Å². The zero-order valence-electron chi connectivity index (χ0n) is 8.20. The van der Waals surface area contributed by atoms with E-state index in [4.69, 9.17) is 4.84 Å². The molecule has 2 N–H and O–H groups in total.